The quantitative estimate of drug-likeness (QED) is 0.858. The Kier molecular flexibility index (Phi) is 5.44. The van der Waals surface area contributed by atoms with Crippen molar-refractivity contribution in [2.75, 3.05) is 18.5 Å². The molecule has 0 fully saturated rings. The number of carbonyl (C=O) groups excluding carboxylic acids is 1. The Labute approximate surface area is 113 Å². The zero-order chi connectivity index (χ0) is 13.7. The molecule has 0 radical (unpaired) electrons. The highest BCUT2D eigenvalue weighted by molar-refractivity contribution is 6.31. The van der Waals surface area contributed by atoms with Gasteiger partial charge in [0.2, 0.25) is 5.91 Å². The summed E-state index contributed by atoms with van der Waals surface area (Å²) in [4.78, 5) is 13.4. The highest BCUT2D eigenvalue weighted by Gasteiger charge is 2.13. The van der Waals surface area contributed by atoms with E-state index in [0.29, 0.717) is 10.6 Å². The Bertz CT molecular complexity index is 421. The lowest BCUT2D eigenvalue weighted by Gasteiger charge is -2.22. The van der Waals surface area contributed by atoms with E-state index in [-0.39, 0.29) is 25.1 Å². The summed E-state index contributed by atoms with van der Waals surface area (Å²) in [6, 6.07) is 5.47. The van der Waals surface area contributed by atoms with E-state index in [1.165, 1.54) is 0 Å². The number of rotatable bonds is 5. The van der Waals surface area contributed by atoms with Gasteiger partial charge in [0, 0.05) is 29.4 Å². The number of carbonyl (C=O) groups is 1. The molecular formula is C13H19ClN2O2. The molecule has 100 valence electrons. The average molecular weight is 271 g/mol. The topological polar surface area (TPSA) is 52.6 Å². The molecule has 1 rings (SSSR count). The summed E-state index contributed by atoms with van der Waals surface area (Å²) < 4.78 is 0. The van der Waals surface area contributed by atoms with Gasteiger partial charge in [-0.2, -0.15) is 0 Å². The van der Waals surface area contributed by atoms with E-state index < -0.39 is 0 Å². The fourth-order valence-electron chi connectivity index (χ4n) is 1.73. The van der Waals surface area contributed by atoms with Crippen LogP contribution in [0.3, 0.4) is 0 Å². The minimum atomic E-state index is -0.148. The fraction of sp³-hybridized carbons (Fsp3) is 0.462. The van der Waals surface area contributed by atoms with Gasteiger partial charge >= 0.3 is 0 Å². The zero-order valence-corrected chi connectivity index (χ0v) is 11.7. The summed E-state index contributed by atoms with van der Waals surface area (Å²) in [6.45, 7) is 3.91. The maximum atomic E-state index is 11.7. The Morgan fingerprint density at radius 3 is 2.72 bits per heavy atom. The predicted octanol–water partition coefficient (Wildman–Crippen LogP) is 1.79. The van der Waals surface area contributed by atoms with Crippen LogP contribution < -0.4 is 10.2 Å². The lowest BCUT2D eigenvalue weighted by atomic mass is 10.1. The van der Waals surface area contributed by atoms with E-state index in [9.17, 15) is 9.90 Å². The van der Waals surface area contributed by atoms with Crippen molar-refractivity contribution < 1.29 is 9.90 Å². The molecule has 0 saturated carbocycles. The molecule has 0 aromatic heterocycles. The smallest absolute Gasteiger partial charge is 0.239 e. The normalized spacial score (nSPS) is 10.6. The number of aliphatic hydroxyl groups excluding tert-OH is 1. The van der Waals surface area contributed by atoms with Gasteiger partial charge < -0.3 is 15.3 Å². The third-order valence-corrected chi connectivity index (χ3v) is 2.85. The first-order valence-electron chi connectivity index (χ1n) is 5.84. The number of likely N-dealkylation sites (N-methyl/N-ethyl adjacent to an activating group) is 1. The number of hydrogen-bond donors (Lipinski definition) is 2. The molecule has 1 amide bonds. The molecular weight excluding hydrogens is 252 g/mol. The van der Waals surface area contributed by atoms with Crippen molar-refractivity contribution in [2.24, 2.45) is 0 Å². The fourth-order valence-corrected chi connectivity index (χ4v) is 1.96. The first-order valence-corrected chi connectivity index (χ1v) is 6.22. The second-order valence-corrected chi connectivity index (χ2v) is 4.88. The van der Waals surface area contributed by atoms with Gasteiger partial charge in [0.1, 0.15) is 0 Å². The molecule has 2 N–H and O–H groups in total. The summed E-state index contributed by atoms with van der Waals surface area (Å²) in [5, 5.41) is 12.6. The standard InChI is InChI=1S/C13H19ClN2O2/c1-9(2)15-13(18)7-16(3)12-6-4-5-11(14)10(12)8-17/h4-6,9,17H,7-8H2,1-3H3,(H,15,18). The second-order valence-electron chi connectivity index (χ2n) is 4.47. The van der Waals surface area contributed by atoms with E-state index in [1.807, 2.05) is 19.9 Å². The molecule has 0 heterocycles. The first kappa shape index (κ1) is 14.8. The third-order valence-electron chi connectivity index (χ3n) is 2.49. The van der Waals surface area contributed by atoms with Crippen LogP contribution in [-0.4, -0.2) is 30.6 Å². The minimum absolute atomic E-state index is 0.0589. The second kappa shape index (κ2) is 6.61. The van der Waals surface area contributed by atoms with Crippen molar-refractivity contribution in [3.8, 4) is 0 Å². The molecule has 0 saturated heterocycles. The van der Waals surface area contributed by atoms with Crippen molar-refractivity contribution in [1.29, 1.82) is 0 Å². The largest absolute Gasteiger partial charge is 0.392 e. The maximum Gasteiger partial charge on any atom is 0.239 e. The number of anilines is 1. The van der Waals surface area contributed by atoms with Gasteiger partial charge in [-0.1, -0.05) is 17.7 Å². The first-order chi connectivity index (χ1) is 8.45. The van der Waals surface area contributed by atoms with Crippen LogP contribution in [0.1, 0.15) is 19.4 Å². The molecule has 0 spiro atoms. The average Bonchev–Trinajstić information content (AvgIpc) is 2.27. The molecule has 18 heavy (non-hydrogen) atoms. The summed E-state index contributed by atoms with van der Waals surface area (Å²) >= 11 is 6.01. The molecule has 0 aliphatic heterocycles. The molecule has 0 bridgehead atoms. The highest BCUT2D eigenvalue weighted by atomic mass is 35.5. The van der Waals surface area contributed by atoms with Gasteiger partial charge in [-0.3, -0.25) is 4.79 Å². The molecule has 4 nitrogen and oxygen atoms in total. The third kappa shape index (κ3) is 3.89. The lowest BCUT2D eigenvalue weighted by Crippen LogP contribution is -2.38. The number of halogens is 1. The van der Waals surface area contributed by atoms with Crippen LogP contribution in [0, 0.1) is 0 Å². The Morgan fingerprint density at radius 1 is 1.50 bits per heavy atom. The van der Waals surface area contributed by atoms with Crippen molar-refractivity contribution in [3.05, 3.63) is 28.8 Å². The van der Waals surface area contributed by atoms with E-state index in [1.54, 1.807) is 24.1 Å². The number of amides is 1. The van der Waals surface area contributed by atoms with Gasteiger partial charge in [0.25, 0.3) is 0 Å². The van der Waals surface area contributed by atoms with Crippen LogP contribution >= 0.6 is 11.6 Å². The lowest BCUT2D eigenvalue weighted by molar-refractivity contribution is -0.120. The van der Waals surface area contributed by atoms with Gasteiger partial charge in [0.15, 0.2) is 0 Å². The van der Waals surface area contributed by atoms with Crippen molar-refractivity contribution >= 4 is 23.2 Å². The van der Waals surface area contributed by atoms with Gasteiger partial charge in [0.05, 0.1) is 13.2 Å². The molecule has 0 aliphatic rings. The van der Waals surface area contributed by atoms with Gasteiger partial charge in [-0.15, -0.1) is 0 Å². The molecule has 1 aromatic rings. The summed E-state index contributed by atoms with van der Waals surface area (Å²) in [6.07, 6.45) is 0. The SMILES string of the molecule is CC(C)NC(=O)CN(C)c1cccc(Cl)c1CO. The van der Waals surface area contributed by atoms with Crippen molar-refractivity contribution in [1.82, 2.24) is 5.32 Å². The summed E-state index contributed by atoms with van der Waals surface area (Å²) in [5.74, 6) is -0.0589. The van der Waals surface area contributed by atoms with Gasteiger partial charge in [-0.25, -0.2) is 0 Å². The minimum Gasteiger partial charge on any atom is -0.392 e. The van der Waals surface area contributed by atoms with E-state index in [4.69, 9.17) is 11.6 Å². The molecule has 5 heteroatoms. The molecule has 0 atom stereocenters. The van der Waals surface area contributed by atoms with Crippen LogP contribution in [0.4, 0.5) is 5.69 Å². The zero-order valence-electron chi connectivity index (χ0n) is 10.9. The van der Waals surface area contributed by atoms with Crippen molar-refractivity contribution in [2.45, 2.75) is 26.5 Å². The summed E-state index contributed by atoms with van der Waals surface area (Å²) in [5.41, 5.74) is 1.41. The Balaban J connectivity index is 2.81. The predicted molar refractivity (Wildman–Crippen MR) is 73.9 cm³/mol. The number of nitrogens with one attached hydrogen (secondary N) is 1. The number of nitrogens with zero attached hydrogens (tertiary/aromatic N) is 1. The van der Waals surface area contributed by atoms with Crippen LogP contribution in [0.5, 0.6) is 0 Å². The van der Waals surface area contributed by atoms with Crippen LogP contribution in [0.25, 0.3) is 0 Å². The Morgan fingerprint density at radius 2 is 2.17 bits per heavy atom. The monoisotopic (exact) mass is 270 g/mol. The number of aliphatic hydroxyl groups is 1. The number of benzene rings is 1. The van der Waals surface area contributed by atoms with E-state index >= 15 is 0 Å². The molecule has 0 unspecified atom stereocenters. The highest BCUT2D eigenvalue weighted by Crippen LogP contribution is 2.26. The molecule has 1 aromatic carbocycles. The summed E-state index contributed by atoms with van der Waals surface area (Å²) in [7, 11) is 1.80. The van der Waals surface area contributed by atoms with E-state index in [2.05, 4.69) is 5.32 Å². The van der Waals surface area contributed by atoms with Crippen LogP contribution in [0.2, 0.25) is 5.02 Å². The van der Waals surface area contributed by atoms with Crippen LogP contribution in [-0.2, 0) is 11.4 Å². The maximum absolute atomic E-state index is 11.7. The van der Waals surface area contributed by atoms with Crippen LogP contribution in [0.15, 0.2) is 18.2 Å². The number of hydrogen-bond acceptors (Lipinski definition) is 3. The Hall–Kier alpha value is -1.26. The van der Waals surface area contributed by atoms with Crippen molar-refractivity contribution in [3.63, 3.8) is 0 Å². The van der Waals surface area contributed by atoms with Gasteiger partial charge in [-0.05, 0) is 26.0 Å². The molecule has 0 aliphatic carbocycles. The van der Waals surface area contributed by atoms with E-state index in [0.717, 1.165) is 5.69 Å².